The SMILES string of the molecule is CNC(=O)C(Cc1ccc(CN)cc1)NC(=O)c1ccc(OC(C)C)c(Cl)c1. The molecule has 7 heteroatoms. The maximum Gasteiger partial charge on any atom is 0.251 e. The molecule has 0 heterocycles. The number of likely N-dealkylation sites (N-methyl/N-ethyl adjacent to an activating group) is 1. The van der Waals surface area contributed by atoms with Gasteiger partial charge >= 0.3 is 0 Å². The van der Waals surface area contributed by atoms with Gasteiger partial charge in [-0.3, -0.25) is 9.59 Å². The first-order chi connectivity index (χ1) is 13.3. The van der Waals surface area contributed by atoms with E-state index >= 15 is 0 Å². The van der Waals surface area contributed by atoms with E-state index in [0.29, 0.717) is 29.3 Å². The Labute approximate surface area is 170 Å². The van der Waals surface area contributed by atoms with Gasteiger partial charge in [-0.05, 0) is 43.2 Å². The number of halogens is 1. The van der Waals surface area contributed by atoms with Gasteiger partial charge in [0.25, 0.3) is 5.91 Å². The first-order valence-corrected chi connectivity index (χ1v) is 9.48. The minimum Gasteiger partial charge on any atom is -0.489 e. The van der Waals surface area contributed by atoms with E-state index in [0.717, 1.165) is 11.1 Å². The maximum absolute atomic E-state index is 12.6. The van der Waals surface area contributed by atoms with Gasteiger partial charge in [0.1, 0.15) is 11.8 Å². The van der Waals surface area contributed by atoms with Crippen molar-refractivity contribution in [3.05, 3.63) is 64.2 Å². The number of rotatable bonds is 8. The molecule has 4 N–H and O–H groups in total. The second-order valence-corrected chi connectivity index (χ2v) is 7.08. The van der Waals surface area contributed by atoms with E-state index in [2.05, 4.69) is 10.6 Å². The number of nitrogens with two attached hydrogens (primary N) is 1. The van der Waals surface area contributed by atoms with Crippen LogP contribution in [-0.2, 0) is 17.8 Å². The highest BCUT2D eigenvalue weighted by Gasteiger charge is 2.21. The molecule has 28 heavy (non-hydrogen) atoms. The first-order valence-electron chi connectivity index (χ1n) is 9.10. The average Bonchev–Trinajstić information content (AvgIpc) is 2.68. The van der Waals surface area contributed by atoms with E-state index < -0.39 is 6.04 Å². The second kappa shape index (κ2) is 10.1. The standard InChI is InChI=1S/C21H26ClN3O3/c1-13(2)28-19-9-8-16(11-17(19)22)20(26)25-18(21(27)24-3)10-14-4-6-15(12-23)7-5-14/h4-9,11,13,18H,10,12,23H2,1-3H3,(H,24,27)(H,25,26). The molecule has 0 aliphatic rings. The Morgan fingerprint density at radius 3 is 2.29 bits per heavy atom. The molecule has 0 aliphatic carbocycles. The van der Waals surface area contributed by atoms with Crippen molar-refractivity contribution in [2.45, 2.75) is 39.0 Å². The number of carbonyl (C=O) groups excluding carboxylic acids is 2. The fourth-order valence-electron chi connectivity index (χ4n) is 2.66. The third kappa shape index (κ3) is 5.97. The van der Waals surface area contributed by atoms with Gasteiger partial charge in [-0.2, -0.15) is 0 Å². The van der Waals surface area contributed by atoms with E-state index in [-0.39, 0.29) is 17.9 Å². The summed E-state index contributed by atoms with van der Waals surface area (Å²) in [6.45, 7) is 4.24. The summed E-state index contributed by atoms with van der Waals surface area (Å²) >= 11 is 6.21. The molecule has 2 rings (SSSR count). The van der Waals surface area contributed by atoms with Gasteiger partial charge < -0.3 is 21.1 Å². The van der Waals surface area contributed by atoms with Crippen molar-refractivity contribution in [2.24, 2.45) is 5.73 Å². The lowest BCUT2D eigenvalue weighted by atomic mass is 10.0. The van der Waals surface area contributed by atoms with Crippen LogP contribution in [0.15, 0.2) is 42.5 Å². The summed E-state index contributed by atoms with van der Waals surface area (Å²) in [4.78, 5) is 24.9. The van der Waals surface area contributed by atoms with Gasteiger partial charge in [0.05, 0.1) is 11.1 Å². The molecular formula is C21H26ClN3O3. The van der Waals surface area contributed by atoms with Crippen LogP contribution >= 0.6 is 11.6 Å². The van der Waals surface area contributed by atoms with Crippen LogP contribution < -0.4 is 21.1 Å². The van der Waals surface area contributed by atoms with Crippen molar-refractivity contribution >= 4 is 23.4 Å². The number of carbonyl (C=O) groups is 2. The van der Waals surface area contributed by atoms with Crippen LogP contribution in [0, 0.1) is 0 Å². The molecule has 0 aliphatic heterocycles. The molecule has 2 aromatic rings. The van der Waals surface area contributed by atoms with Crippen molar-refractivity contribution in [1.29, 1.82) is 0 Å². The van der Waals surface area contributed by atoms with Crippen molar-refractivity contribution in [1.82, 2.24) is 10.6 Å². The molecule has 0 spiro atoms. The van der Waals surface area contributed by atoms with Crippen LogP contribution in [0.1, 0.15) is 35.3 Å². The van der Waals surface area contributed by atoms with Crippen molar-refractivity contribution in [3.63, 3.8) is 0 Å². The predicted molar refractivity (Wildman–Crippen MR) is 111 cm³/mol. The predicted octanol–water partition coefficient (Wildman–Crippen LogP) is 2.67. The normalized spacial score (nSPS) is 11.8. The molecule has 2 amide bonds. The summed E-state index contributed by atoms with van der Waals surface area (Å²) in [6.07, 6.45) is 0.332. The highest BCUT2D eigenvalue weighted by Crippen LogP contribution is 2.26. The molecule has 0 radical (unpaired) electrons. The fraction of sp³-hybridized carbons (Fsp3) is 0.333. The number of nitrogens with one attached hydrogen (secondary N) is 2. The van der Waals surface area contributed by atoms with Crippen molar-refractivity contribution < 1.29 is 14.3 Å². The third-order valence-corrected chi connectivity index (χ3v) is 4.42. The maximum atomic E-state index is 12.6. The van der Waals surface area contributed by atoms with Crippen LogP contribution in [0.5, 0.6) is 5.75 Å². The summed E-state index contributed by atoms with van der Waals surface area (Å²) in [5.41, 5.74) is 7.89. The lowest BCUT2D eigenvalue weighted by molar-refractivity contribution is -0.122. The molecule has 2 aromatic carbocycles. The minimum atomic E-state index is -0.716. The number of ether oxygens (including phenoxy) is 1. The number of hydrogen-bond donors (Lipinski definition) is 3. The summed E-state index contributed by atoms with van der Waals surface area (Å²) in [5.74, 6) is -0.150. The zero-order valence-electron chi connectivity index (χ0n) is 16.3. The smallest absolute Gasteiger partial charge is 0.251 e. The van der Waals surface area contributed by atoms with E-state index in [1.165, 1.54) is 13.1 Å². The highest BCUT2D eigenvalue weighted by molar-refractivity contribution is 6.32. The molecule has 0 aromatic heterocycles. The van der Waals surface area contributed by atoms with E-state index in [4.69, 9.17) is 22.1 Å². The minimum absolute atomic E-state index is 0.0273. The van der Waals surface area contributed by atoms with Crippen LogP contribution in [0.25, 0.3) is 0 Å². The van der Waals surface area contributed by atoms with Gasteiger partial charge in [0.15, 0.2) is 0 Å². The molecule has 0 bridgehead atoms. The molecule has 1 atom stereocenters. The second-order valence-electron chi connectivity index (χ2n) is 6.68. The summed E-state index contributed by atoms with van der Waals surface area (Å²) in [5, 5.41) is 5.70. The Morgan fingerprint density at radius 2 is 1.75 bits per heavy atom. The van der Waals surface area contributed by atoms with Gasteiger partial charge in [-0.15, -0.1) is 0 Å². The van der Waals surface area contributed by atoms with E-state index in [9.17, 15) is 9.59 Å². The number of hydrogen-bond acceptors (Lipinski definition) is 4. The Kier molecular flexibility index (Phi) is 7.84. The van der Waals surface area contributed by atoms with Crippen LogP contribution in [0.4, 0.5) is 0 Å². The van der Waals surface area contributed by atoms with Crippen molar-refractivity contribution in [2.75, 3.05) is 7.05 Å². The number of benzene rings is 2. The summed E-state index contributed by atoms with van der Waals surface area (Å²) < 4.78 is 5.58. The van der Waals surface area contributed by atoms with Crippen LogP contribution in [0.3, 0.4) is 0 Å². The Balaban J connectivity index is 2.13. The summed E-state index contributed by atoms with van der Waals surface area (Å²) in [6, 6.07) is 11.7. The monoisotopic (exact) mass is 403 g/mol. The molecule has 1 unspecified atom stereocenters. The summed E-state index contributed by atoms with van der Waals surface area (Å²) in [7, 11) is 1.54. The number of amides is 2. The lowest BCUT2D eigenvalue weighted by Crippen LogP contribution is -2.47. The lowest BCUT2D eigenvalue weighted by Gasteiger charge is -2.18. The quantitative estimate of drug-likeness (QED) is 0.631. The van der Waals surface area contributed by atoms with Gasteiger partial charge in [-0.25, -0.2) is 0 Å². The van der Waals surface area contributed by atoms with E-state index in [1.807, 2.05) is 38.1 Å². The fourth-order valence-corrected chi connectivity index (χ4v) is 2.89. The molecule has 0 saturated heterocycles. The first kappa shape index (κ1) is 21.7. The van der Waals surface area contributed by atoms with Gasteiger partial charge in [0.2, 0.25) is 5.91 Å². The average molecular weight is 404 g/mol. The molecule has 0 saturated carbocycles. The highest BCUT2D eigenvalue weighted by atomic mass is 35.5. The zero-order chi connectivity index (χ0) is 20.7. The van der Waals surface area contributed by atoms with Crippen LogP contribution in [-0.4, -0.2) is 31.0 Å². The largest absolute Gasteiger partial charge is 0.489 e. The topological polar surface area (TPSA) is 93.5 Å². The van der Waals surface area contributed by atoms with Crippen molar-refractivity contribution in [3.8, 4) is 5.75 Å². The molecule has 0 fully saturated rings. The molecule has 150 valence electrons. The van der Waals surface area contributed by atoms with Crippen LogP contribution in [0.2, 0.25) is 5.02 Å². The molecular weight excluding hydrogens is 378 g/mol. The van der Waals surface area contributed by atoms with E-state index in [1.54, 1.807) is 12.1 Å². The van der Waals surface area contributed by atoms with Gasteiger partial charge in [0, 0.05) is 25.6 Å². The Bertz CT molecular complexity index is 822. The third-order valence-electron chi connectivity index (χ3n) is 4.12. The molecule has 6 nitrogen and oxygen atoms in total. The van der Waals surface area contributed by atoms with Gasteiger partial charge in [-0.1, -0.05) is 35.9 Å². The zero-order valence-corrected chi connectivity index (χ0v) is 17.0. The Morgan fingerprint density at radius 1 is 1.11 bits per heavy atom. The Hall–Kier alpha value is -2.57.